The Morgan fingerprint density at radius 1 is 1.07 bits per heavy atom. The minimum absolute atomic E-state index is 0.174. The van der Waals surface area contributed by atoms with E-state index in [4.69, 9.17) is 0 Å². The molecule has 1 aliphatic rings. The van der Waals surface area contributed by atoms with Gasteiger partial charge in [0, 0.05) is 38.6 Å². The first-order valence-electron chi connectivity index (χ1n) is 8.86. The van der Waals surface area contributed by atoms with Crippen molar-refractivity contribution in [3.05, 3.63) is 59.7 Å². The van der Waals surface area contributed by atoms with Gasteiger partial charge in [-0.05, 0) is 31.2 Å². The second-order valence-corrected chi connectivity index (χ2v) is 6.66. The van der Waals surface area contributed by atoms with Crippen molar-refractivity contribution < 1.29 is 18.0 Å². The average Bonchev–Trinajstić information content (AvgIpc) is 3.02. The van der Waals surface area contributed by atoms with Crippen LogP contribution in [0.25, 0.3) is 5.65 Å². The second-order valence-electron chi connectivity index (χ2n) is 6.66. The molecule has 0 spiro atoms. The van der Waals surface area contributed by atoms with Gasteiger partial charge in [-0.25, -0.2) is 9.97 Å². The van der Waals surface area contributed by atoms with Gasteiger partial charge in [-0.2, -0.15) is 13.2 Å². The number of nitrogens with zero attached hydrogens (tertiary/aromatic N) is 5. The highest BCUT2D eigenvalue weighted by atomic mass is 19.4. The van der Waals surface area contributed by atoms with Crippen LogP contribution in [0.4, 0.5) is 19.0 Å². The van der Waals surface area contributed by atoms with Gasteiger partial charge in [-0.15, -0.1) is 0 Å². The average molecular weight is 389 g/mol. The molecule has 146 valence electrons. The third-order valence-corrected chi connectivity index (χ3v) is 4.86. The Morgan fingerprint density at radius 2 is 1.82 bits per heavy atom. The molecule has 28 heavy (non-hydrogen) atoms. The molecule has 0 radical (unpaired) electrons. The molecular weight excluding hydrogens is 371 g/mol. The van der Waals surface area contributed by atoms with Crippen LogP contribution in [-0.4, -0.2) is 51.4 Å². The fourth-order valence-corrected chi connectivity index (χ4v) is 3.42. The molecule has 6 nitrogen and oxygen atoms in total. The number of anilines is 1. The van der Waals surface area contributed by atoms with Crippen molar-refractivity contribution in [2.24, 2.45) is 0 Å². The summed E-state index contributed by atoms with van der Waals surface area (Å²) in [5, 5.41) is 0. The van der Waals surface area contributed by atoms with Crippen LogP contribution in [0.2, 0.25) is 0 Å². The number of aryl methyl sites for hydroxylation is 1. The first-order chi connectivity index (χ1) is 13.3. The first kappa shape index (κ1) is 18.3. The third kappa shape index (κ3) is 3.28. The zero-order valence-corrected chi connectivity index (χ0v) is 15.1. The molecule has 1 saturated heterocycles. The van der Waals surface area contributed by atoms with Crippen molar-refractivity contribution in [1.29, 1.82) is 0 Å². The predicted octanol–water partition coefficient (Wildman–Crippen LogP) is 3.02. The summed E-state index contributed by atoms with van der Waals surface area (Å²) < 4.78 is 40.5. The Kier molecular flexibility index (Phi) is 4.44. The molecule has 0 bridgehead atoms. The summed E-state index contributed by atoms with van der Waals surface area (Å²) in [7, 11) is 0. The van der Waals surface area contributed by atoms with Crippen LogP contribution in [0, 0.1) is 6.92 Å². The SMILES string of the molecule is Cc1nc2ccc(C(F)(F)F)cn2c1C(=O)N1CCN(c2ccccn2)CC1. The quantitative estimate of drug-likeness (QED) is 0.676. The molecule has 0 unspecified atom stereocenters. The maximum Gasteiger partial charge on any atom is 0.417 e. The van der Waals surface area contributed by atoms with Gasteiger partial charge in [-0.3, -0.25) is 9.20 Å². The van der Waals surface area contributed by atoms with E-state index in [1.807, 2.05) is 18.2 Å². The van der Waals surface area contributed by atoms with E-state index in [1.54, 1.807) is 18.0 Å². The molecule has 1 fully saturated rings. The second kappa shape index (κ2) is 6.81. The van der Waals surface area contributed by atoms with Crippen molar-refractivity contribution in [3.63, 3.8) is 0 Å². The van der Waals surface area contributed by atoms with E-state index in [9.17, 15) is 18.0 Å². The molecule has 9 heteroatoms. The maximum atomic E-state index is 13.1. The fourth-order valence-electron chi connectivity index (χ4n) is 3.42. The van der Waals surface area contributed by atoms with Gasteiger partial charge in [0.05, 0.1) is 11.3 Å². The third-order valence-electron chi connectivity index (χ3n) is 4.86. The number of carbonyl (C=O) groups excluding carboxylic acids is 1. The number of hydrogen-bond acceptors (Lipinski definition) is 4. The van der Waals surface area contributed by atoms with E-state index in [1.165, 1.54) is 10.5 Å². The molecule has 1 amide bonds. The lowest BCUT2D eigenvalue weighted by Gasteiger charge is -2.35. The number of carbonyl (C=O) groups is 1. The lowest BCUT2D eigenvalue weighted by atomic mass is 10.2. The summed E-state index contributed by atoms with van der Waals surface area (Å²) in [6, 6.07) is 7.91. The van der Waals surface area contributed by atoms with Gasteiger partial charge in [0.2, 0.25) is 0 Å². The van der Waals surface area contributed by atoms with Crippen LogP contribution < -0.4 is 4.90 Å². The predicted molar refractivity (Wildman–Crippen MR) is 97.3 cm³/mol. The van der Waals surface area contributed by atoms with Crippen LogP contribution in [0.15, 0.2) is 42.7 Å². The number of imidazole rings is 1. The van der Waals surface area contributed by atoms with E-state index < -0.39 is 11.7 Å². The number of rotatable bonds is 2. The molecule has 0 aromatic carbocycles. The Bertz CT molecular complexity index is 1010. The molecule has 0 N–H and O–H groups in total. The molecule has 1 aliphatic heterocycles. The smallest absolute Gasteiger partial charge is 0.353 e. The van der Waals surface area contributed by atoms with E-state index >= 15 is 0 Å². The van der Waals surface area contributed by atoms with Gasteiger partial charge in [0.25, 0.3) is 5.91 Å². The van der Waals surface area contributed by atoms with Crippen molar-refractivity contribution in [1.82, 2.24) is 19.3 Å². The monoisotopic (exact) mass is 389 g/mol. The van der Waals surface area contributed by atoms with Gasteiger partial charge < -0.3 is 9.80 Å². The minimum Gasteiger partial charge on any atom is -0.353 e. The van der Waals surface area contributed by atoms with Crippen LogP contribution in [-0.2, 0) is 6.18 Å². The Morgan fingerprint density at radius 3 is 2.46 bits per heavy atom. The number of hydrogen-bond donors (Lipinski definition) is 0. The number of fused-ring (bicyclic) bond motifs is 1. The number of aromatic nitrogens is 3. The topological polar surface area (TPSA) is 53.7 Å². The highest BCUT2D eigenvalue weighted by molar-refractivity contribution is 5.95. The normalized spacial score (nSPS) is 15.3. The largest absolute Gasteiger partial charge is 0.417 e. The van der Waals surface area contributed by atoms with Crippen molar-refractivity contribution in [2.45, 2.75) is 13.1 Å². The minimum atomic E-state index is -4.49. The summed E-state index contributed by atoms with van der Waals surface area (Å²) in [6.45, 7) is 3.76. The van der Waals surface area contributed by atoms with E-state index in [0.29, 0.717) is 37.5 Å². The van der Waals surface area contributed by atoms with Gasteiger partial charge >= 0.3 is 6.18 Å². The lowest BCUT2D eigenvalue weighted by molar-refractivity contribution is -0.137. The van der Waals surface area contributed by atoms with Crippen LogP contribution in [0.3, 0.4) is 0 Å². The molecule has 0 saturated carbocycles. The summed E-state index contributed by atoms with van der Waals surface area (Å²) in [5.41, 5.74) is 0.0938. The van der Waals surface area contributed by atoms with Crippen molar-refractivity contribution in [2.75, 3.05) is 31.1 Å². The number of piperazine rings is 1. The molecule has 4 rings (SSSR count). The lowest BCUT2D eigenvalue weighted by Crippen LogP contribution is -2.49. The number of halogens is 3. The highest BCUT2D eigenvalue weighted by Crippen LogP contribution is 2.30. The zero-order valence-electron chi connectivity index (χ0n) is 15.1. The maximum absolute atomic E-state index is 13.1. The first-order valence-corrected chi connectivity index (χ1v) is 8.86. The Labute approximate surface area is 159 Å². The Balaban J connectivity index is 1.58. The molecule has 0 aliphatic carbocycles. The number of pyridine rings is 2. The summed E-state index contributed by atoms with van der Waals surface area (Å²) in [5.74, 6) is 0.528. The van der Waals surface area contributed by atoms with Crippen LogP contribution >= 0.6 is 0 Å². The van der Waals surface area contributed by atoms with E-state index in [0.717, 1.165) is 18.1 Å². The van der Waals surface area contributed by atoms with Crippen LogP contribution in [0.5, 0.6) is 0 Å². The zero-order chi connectivity index (χ0) is 19.9. The number of alkyl halides is 3. The molecule has 0 atom stereocenters. The van der Waals surface area contributed by atoms with Crippen molar-refractivity contribution >= 4 is 17.4 Å². The Hall–Kier alpha value is -3.10. The molecule has 3 aromatic heterocycles. The van der Waals surface area contributed by atoms with E-state index in [2.05, 4.69) is 14.9 Å². The van der Waals surface area contributed by atoms with Crippen molar-refractivity contribution in [3.8, 4) is 0 Å². The molecule has 3 aromatic rings. The van der Waals surface area contributed by atoms with Gasteiger partial charge in [0.1, 0.15) is 17.2 Å². The van der Waals surface area contributed by atoms with E-state index in [-0.39, 0.29) is 11.6 Å². The fraction of sp³-hybridized carbons (Fsp3) is 0.316. The highest BCUT2D eigenvalue weighted by Gasteiger charge is 2.32. The van der Waals surface area contributed by atoms with Crippen LogP contribution in [0.1, 0.15) is 21.7 Å². The molecule has 4 heterocycles. The standard InChI is InChI=1S/C19H18F3N5O/c1-13-17(27-12-14(19(20,21)22)5-6-16(27)24-13)18(28)26-10-8-25(9-11-26)15-4-2-3-7-23-15/h2-7,12H,8-11H2,1H3. The number of amides is 1. The summed E-state index contributed by atoms with van der Waals surface area (Å²) in [4.78, 5) is 25.3. The summed E-state index contributed by atoms with van der Waals surface area (Å²) >= 11 is 0. The van der Waals surface area contributed by atoms with Gasteiger partial charge in [0.15, 0.2) is 0 Å². The van der Waals surface area contributed by atoms with Gasteiger partial charge in [-0.1, -0.05) is 6.07 Å². The summed E-state index contributed by atoms with van der Waals surface area (Å²) in [6.07, 6.45) is -1.83. The molecular formula is C19H18F3N5O.